The van der Waals surface area contributed by atoms with Crippen LogP contribution in [0.5, 0.6) is 0 Å². The van der Waals surface area contributed by atoms with E-state index in [1.165, 1.54) is 51.9 Å². The van der Waals surface area contributed by atoms with Gasteiger partial charge in [0.15, 0.2) is 0 Å². The molecule has 0 aromatic heterocycles. The quantitative estimate of drug-likeness (QED) is 0.331. The van der Waals surface area contributed by atoms with Gasteiger partial charge in [0.25, 0.3) is 0 Å². The van der Waals surface area contributed by atoms with Gasteiger partial charge in [-0.2, -0.15) is 0 Å². The van der Waals surface area contributed by atoms with Crippen molar-refractivity contribution in [1.29, 1.82) is 0 Å². The van der Waals surface area contributed by atoms with Crippen LogP contribution in [0.1, 0.15) is 83.4 Å². The normalized spacial score (nSPS) is 13.7. The van der Waals surface area contributed by atoms with Crippen LogP contribution in [0.3, 0.4) is 0 Å². The fourth-order valence-corrected chi connectivity index (χ4v) is 3.42. The third kappa shape index (κ3) is 9.17. The topological polar surface area (TPSA) is 24.1 Å². The molecule has 0 heterocycles. The molecule has 2 N–H and O–H groups in total. The molecule has 0 aliphatic carbocycles. The average molecular weight is 409 g/mol. The van der Waals surface area contributed by atoms with Gasteiger partial charge in [0.05, 0.1) is 0 Å². The van der Waals surface area contributed by atoms with Crippen LogP contribution >= 0.6 is 0 Å². The van der Waals surface area contributed by atoms with Crippen molar-refractivity contribution in [2.45, 2.75) is 80.2 Å². The number of allylic oxidation sites excluding steroid dienone is 6. The largest absolute Gasteiger partial charge is 0.381 e. The summed E-state index contributed by atoms with van der Waals surface area (Å²) in [4.78, 5) is 0. The lowest BCUT2D eigenvalue weighted by molar-refractivity contribution is 0.807. The van der Waals surface area contributed by atoms with E-state index in [9.17, 15) is 0 Å². The minimum atomic E-state index is 0.878. The SMILES string of the molecule is CC/C=C(CCC)\C(=C/CCC)NC/C(C)=C/C=C(\C)c1ccc(C)c(CNC)c1. The first kappa shape index (κ1) is 26.0. The van der Waals surface area contributed by atoms with E-state index in [1.54, 1.807) is 0 Å². The van der Waals surface area contributed by atoms with E-state index in [4.69, 9.17) is 0 Å². The predicted molar refractivity (Wildman–Crippen MR) is 136 cm³/mol. The average Bonchev–Trinajstić information content (AvgIpc) is 2.73. The lowest BCUT2D eigenvalue weighted by Crippen LogP contribution is -2.17. The molecule has 0 radical (unpaired) electrons. The third-order valence-electron chi connectivity index (χ3n) is 5.30. The lowest BCUT2D eigenvalue weighted by Gasteiger charge is -2.15. The van der Waals surface area contributed by atoms with Gasteiger partial charge in [0.2, 0.25) is 0 Å². The predicted octanol–water partition coefficient (Wildman–Crippen LogP) is 7.47. The molecular weight excluding hydrogens is 364 g/mol. The fraction of sp³-hybridized carbons (Fsp3) is 0.500. The van der Waals surface area contributed by atoms with Gasteiger partial charge in [-0.25, -0.2) is 0 Å². The highest BCUT2D eigenvalue weighted by molar-refractivity contribution is 5.66. The minimum absolute atomic E-state index is 0.878. The van der Waals surface area contributed by atoms with Crippen LogP contribution in [-0.4, -0.2) is 13.6 Å². The molecule has 0 amide bonds. The molecule has 0 unspecified atom stereocenters. The second-order valence-corrected chi connectivity index (χ2v) is 8.18. The Hall–Kier alpha value is -2.06. The van der Waals surface area contributed by atoms with E-state index in [2.05, 4.69) is 94.7 Å². The summed E-state index contributed by atoms with van der Waals surface area (Å²) in [7, 11) is 2.00. The summed E-state index contributed by atoms with van der Waals surface area (Å²) in [5, 5.41) is 6.97. The van der Waals surface area contributed by atoms with Gasteiger partial charge in [-0.3, -0.25) is 0 Å². The van der Waals surface area contributed by atoms with Gasteiger partial charge in [-0.05, 0) is 81.0 Å². The van der Waals surface area contributed by atoms with Gasteiger partial charge < -0.3 is 10.6 Å². The van der Waals surface area contributed by atoms with Crippen LogP contribution in [0, 0.1) is 6.92 Å². The first-order chi connectivity index (χ1) is 14.5. The summed E-state index contributed by atoms with van der Waals surface area (Å²) in [5.74, 6) is 0. The van der Waals surface area contributed by atoms with Crippen LogP contribution in [0.15, 0.2) is 59.3 Å². The number of nitrogens with one attached hydrogen (secondary N) is 2. The second kappa shape index (κ2) is 14.8. The summed E-state index contributed by atoms with van der Waals surface area (Å²) in [6.45, 7) is 15.1. The molecule has 30 heavy (non-hydrogen) atoms. The van der Waals surface area contributed by atoms with Crippen molar-refractivity contribution < 1.29 is 0 Å². The molecule has 0 saturated heterocycles. The van der Waals surface area contributed by atoms with E-state index in [0.29, 0.717) is 0 Å². The number of hydrogen-bond acceptors (Lipinski definition) is 2. The number of hydrogen-bond donors (Lipinski definition) is 2. The molecule has 0 saturated carbocycles. The van der Waals surface area contributed by atoms with Crippen molar-refractivity contribution in [3.05, 3.63) is 76.0 Å². The molecule has 0 atom stereocenters. The zero-order valence-electron chi connectivity index (χ0n) is 20.5. The first-order valence-corrected chi connectivity index (χ1v) is 11.7. The number of unbranched alkanes of at least 4 members (excludes halogenated alkanes) is 1. The summed E-state index contributed by atoms with van der Waals surface area (Å²) in [5.41, 5.74) is 9.42. The van der Waals surface area contributed by atoms with Crippen LogP contribution < -0.4 is 10.6 Å². The summed E-state index contributed by atoms with van der Waals surface area (Å²) < 4.78 is 0. The molecule has 0 fully saturated rings. The van der Waals surface area contributed by atoms with Gasteiger partial charge >= 0.3 is 0 Å². The van der Waals surface area contributed by atoms with Crippen LogP contribution in [0.2, 0.25) is 0 Å². The van der Waals surface area contributed by atoms with Gasteiger partial charge in [-0.1, -0.05) is 75.6 Å². The molecular formula is C28H44N2. The molecule has 0 aliphatic heterocycles. The van der Waals surface area contributed by atoms with E-state index in [1.807, 2.05) is 7.05 Å². The maximum Gasteiger partial charge on any atom is 0.0360 e. The third-order valence-corrected chi connectivity index (χ3v) is 5.30. The van der Waals surface area contributed by atoms with Crippen molar-refractivity contribution in [1.82, 2.24) is 10.6 Å². The van der Waals surface area contributed by atoms with E-state index < -0.39 is 0 Å². The Kier molecular flexibility index (Phi) is 12.9. The zero-order valence-corrected chi connectivity index (χ0v) is 20.5. The highest BCUT2D eigenvalue weighted by Crippen LogP contribution is 2.19. The van der Waals surface area contributed by atoms with Crippen LogP contribution in [0.25, 0.3) is 5.57 Å². The zero-order chi connectivity index (χ0) is 22.4. The monoisotopic (exact) mass is 408 g/mol. The van der Waals surface area contributed by atoms with Crippen LogP contribution in [0.4, 0.5) is 0 Å². The molecule has 1 aromatic carbocycles. The molecule has 166 valence electrons. The Balaban J connectivity index is 2.90. The molecule has 2 nitrogen and oxygen atoms in total. The lowest BCUT2D eigenvalue weighted by atomic mass is 10.00. The minimum Gasteiger partial charge on any atom is -0.381 e. The van der Waals surface area contributed by atoms with Crippen molar-refractivity contribution in [3.63, 3.8) is 0 Å². The molecule has 2 heteroatoms. The Labute approximate surface area is 186 Å². The van der Waals surface area contributed by atoms with E-state index in [0.717, 1.165) is 32.4 Å². The molecule has 0 bridgehead atoms. The van der Waals surface area contributed by atoms with Gasteiger partial charge in [0, 0.05) is 18.8 Å². The van der Waals surface area contributed by atoms with E-state index in [-0.39, 0.29) is 0 Å². The highest BCUT2D eigenvalue weighted by Gasteiger charge is 2.04. The molecule has 1 aromatic rings. The Morgan fingerprint density at radius 3 is 2.40 bits per heavy atom. The highest BCUT2D eigenvalue weighted by atomic mass is 14.9. The maximum atomic E-state index is 3.71. The fourth-order valence-electron chi connectivity index (χ4n) is 3.42. The second-order valence-electron chi connectivity index (χ2n) is 8.18. The molecule has 0 aliphatic rings. The summed E-state index contributed by atoms with van der Waals surface area (Å²) in [6, 6.07) is 6.74. The van der Waals surface area contributed by atoms with Crippen molar-refractivity contribution >= 4 is 5.57 Å². The number of rotatable bonds is 13. The Morgan fingerprint density at radius 1 is 1.00 bits per heavy atom. The van der Waals surface area contributed by atoms with E-state index >= 15 is 0 Å². The molecule has 0 spiro atoms. The Morgan fingerprint density at radius 2 is 1.77 bits per heavy atom. The standard InChI is InChI=1S/C28H44N2/c1-8-11-14-28(25(12-9-2)13-10-3)30-20-22(4)15-16-23(5)26-18-17-24(6)27(19-26)21-29-7/h12,14-19,29-30H,8-11,13,20-21H2,1-7H3/b22-15+,23-16+,25-12-,28-14+. The van der Waals surface area contributed by atoms with Crippen LogP contribution in [-0.2, 0) is 6.54 Å². The molecule has 1 rings (SSSR count). The summed E-state index contributed by atoms with van der Waals surface area (Å²) in [6.07, 6.45) is 15.0. The van der Waals surface area contributed by atoms with Crippen molar-refractivity contribution in [3.8, 4) is 0 Å². The van der Waals surface area contributed by atoms with Gasteiger partial charge in [-0.15, -0.1) is 0 Å². The summed E-state index contributed by atoms with van der Waals surface area (Å²) >= 11 is 0. The Bertz CT molecular complexity index is 763. The van der Waals surface area contributed by atoms with Crippen molar-refractivity contribution in [2.24, 2.45) is 0 Å². The van der Waals surface area contributed by atoms with Gasteiger partial charge in [0.1, 0.15) is 0 Å². The first-order valence-electron chi connectivity index (χ1n) is 11.7. The number of aryl methyl sites for hydroxylation is 1. The maximum absolute atomic E-state index is 3.71. The van der Waals surface area contributed by atoms with Crippen molar-refractivity contribution in [2.75, 3.05) is 13.6 Å². The number of benzene rings is 1. The smallest absolute Gasteiger partial charge is 0.0360 e.